The van der Waals surface area contributed by atoms with Crippen molar-refractivity contribution in [1.29, 1.82) is 0 Å². The molecule has 6 heteroatoms. The molecule has 0 aromatic carbocycles. The molecule has 2 saturated heterocycles. The number of furan rings is 1. The molecule has 2 aliphatic rings. The van der Waals surface area contributed by atoms with Crippen LogP contribution in [0.1, 0.15) is 25.0 Å². The summed E-state index contributed by atoms with van der Waals surface area (Å²) in [4.78, 5) is 15.7. The highest BCUT2D eigenvalue weighted by Gasteiger charge is 2.46. The Bertz CT molecular complexity index is 531. The lowest BCUT2D eigenvalue weighted by Gasteiger charge is -2.50. The lowest BCUT2D eigenvalue weighted by Crippen LogP contribution is -2.56. The summed E-state index contributed by atoms with van der Waals surface area (Å²) in [6, 6.07) is 3.94. The Kier molecular flexibility index (Phi) is 5.58. The number of rotatable bonds is 6. The standard InChI is InChI=1S/C18H28N2O4/c1-19(2)17(21)12-22-14-18-7-4-10-24-16(18)6-8-20(13-18)11-15-5-3-9-23-15/h3,5,9,16H,4,6-8,10-14H2,1-2H3/t16-,18-/m0/s1. The van der Waals surface area contributed by atoms with E-state index in [-0.39, 0.29) is 24.0 Å². The van der Waals surface area contributed by atoms with Gasteiger partial charge in [-0.3, -0.25) is 9.69 Å². The van der Waals surface area contributed by atoms with Gasteiger partial charge in [0.15, 0.2) is 0 Å². The molecule has 6 nitrogen and oxygen atoms in total. The van der Waals surface area contributed by atoms with Gasteiger partial charge in [0.05, 0.1) is 25.5 Å². The molecule has 3 rings (SSSR count). The molecule has 134 valence electrons. The van der Waals surface area contributed by atoms with Crippen LogP contribution >= 0.6 is 0 Å². The van der Waals surface area contributed by atoms with Crippen molar-refractivity contribution >= 4 is 5.91 Å². The van der Waals surface area contributed by atoms with E-state index in [1.54, 1.807) is 25.3 Å². The molecule has 0 bridgehead atoms. The Hall–Kier alpha value is -1.37. The highest BCUT2D eigenvalue weighted by molar-refractivity contribution is 5.76. The minimum absolute atomic E-state index is 0.00271. The minimum atomic E-state index is -0.0182. The Labute approximate surface area is 143 Å². The van der Waals surface area contributed by atoms with E-state index in [9.17, 15) is 4.79 Å². The minimum Gasteiger partial charge on any atom is -0.468 e. The number of amides is 1. The summed E-state index contributed by atoms with van der Waals surface area (Å²) in [6.45, 7) is 4.29. The second kappa shape index (κ2) is 7.68. The molecule has 0 unspecified atom stereocenters. The molecule has 3 heterocycles. The first-order chi connectivity index (χ1) is 11.6. The van der Waals surface area contributed by atoms with Crippen LogP contribution in [0.25, 0.3) is 0 Å². The third-order valence-electron chi connectivity index (χ3n) is 5.14. The maximum Gasteiger partial charge on any atom is 0.248 e. The maximum atomic E-state index is 11.8. The number of carbonyl (C=O) groups excluding carboxylic acids is 1. The van der Waals surface area contributed by atoms with Crippen LogP contribution < -0.4 is 0 Å². The van der Waals surface area contributed by atoms with Crippen LogP contribution in [0.3, 0.4) is 0 Å². The van der Waals surface area contributed by atoms with Gasteiger partial charge in [0, 0.05) is 39.2 Å². The van der Waals surface area contributed by atoms with Gasteiger partial charge < -0.3 is 18.8 Å². The number of likely N-dealkylation sites (tertiary alicyclic amines) is 1. The molecule has 2 atom stereocenters. The average molecular weight is 336 g/mol. The summed E-state index contributed by atoms with van der Waals surface area (Å²) in [5, 5.41) is 0. The van der Waals surface area contributed by atoms with Gasteiger partial charge in [-0.1, -0.05) is 0 Å². The van der Waals surface area contributed by atoms with Crippen molar-refractivity contribution in [2.24, 2.45) is 5.41 Å². The molecule has 2 fully saturated rings. The van der Waals surface area contributed by atoms with E-state index >= 15 is 0 Å². The largest absolute Gasteiger partial charge is 0.468 e. The third kappa shape index (κ3) is 3.99. The van der Waals surface area contributed by atoms with Crippen LogP contribution in [-0.4, -0.2) is 68.8 Å². The van der Waals surface area contributed by atoms with Crippen LogP contribution in [0.15, 0.2) is 22.8 Å². The van der Waals surface area contributed by atoms with Crippen molar-refractivity contribution in [2.75, 3.05) is 47.0 Å². The quantitative estimate of drug-likeness (QED) is 0.792. The zero-order valence-corrected chi connectivity index (χ0v) is 14.7. The number of piperidine rings is 1. The Balaban J connectivity index is 1.62. The fourth-order valence-electron chi connectivity index (χ4n) is 3.82. The van der Waals surface area contributed by atoms with Gasteiger partial charge in [-0.25, -0.2) is 0 Å². The predicted molar refractivity (Wildman–Crippen MR) is 89.5 cm³/mol. The Morgan fingerprint density at radius 3 is 3.12 bits per heavy atom. The monoisotopic (exact) mass is 336 g/mol. The average Bonchev–Trinajstić information content (AvgIpc) is 3.07. The predicted octanol–water partition coefficient (Wildman–Crippen LogP) is 1.76. The number of likely N-dealkylation sites (N-methyl/N-ethyl adjacent to an activating group) is 1. The van der Waals surface area contributed by atoms with Gasteiger partial charge in [0.2, 0.25) is 5.91 Å². The lowest BCUT2D eigenvalue weighted by atomic mass is 9.73. The summed E-state index contributed by atoms with van der Waals surface area (Å²) in [7, 11) is 3.50. The summed E-state index contributed by atoms with van der Waals surface area (Å²) in [6.07, 6.45) is 5.09. The highest BCUT2D eigenvalue weighted by Crippen LogP contribution is 2.40. The zero-order chi connectivity index (χ0) is 17.0. The lowest BCUT2D eigenvalue weighted by molar-refractivity contribution is -0.160. The van der Waals surface area contributed by atoms with Gasteiger partial charge in [-0.15, -0.1) is 0 Å². The second-order valence-electron chi connectivity index (χ2n) is 7.19. The Morgan fingerprint density at radius 1 is 1.50 bits per heavy atom. The zero-order valence-electron chi connectivity index (χ0n) is 14.7. The van der Waals surface area contributed by atoms with Crippen LogP contribution in [-0.2, 0) is 20.8 Å². The number of hydrogen-bond donors (Lipinski definition) is 0. The van der Waals surface area contributed by atoms with Crippen molar-refractivity contribution < 1.29 is 18.7 Å². The van der Waals surface area contributed by atoms with E-state index in [1.807, 2.05) is 12.1 Å². The van der Waals surface area contributed by atoms with E-state index < -0.39 is 0 Å². The van der Waals surface area contributed by atoms with Crippen molar-refractivity contribution in [1.82, 2.24) is 9.80 Å². The van der Waals surface area contributed by atoms with E-state index in [2.05, 4.69) is 4.90 Å². The molecule has 1 aromatic heterocycles. The van der Waals surface area contributed by atoms with Crippen molar-refractivity contribution in [3.05, 3.63) is 24.2 Å². The molecule has 0 aliphatic carbocycles. The number of hydrogen-bond acceptors (Lipinski definition) is 5. The summed E-state index contributed by atoms with van der Waals surface area (Å²) in [5.74, 6) is 0.993. The molecule has 1 aromatic rings. The fourth-order valence-corrected chi connectivity index (χ4v) is 3.82. The number of nitrogens with zero attached hydrogens (tertiary/aromatic N) is 2. The van der Waals surface area contributed by atoms with Crippen LogP contribution in [0.4, 0.5) is 0 Å². The number of carbonyl (C=O) groups is 1. The summed E-state index contributed by atoms with van der Waals surface area (Å²) in [5.41, 5.74) is -0.0182. The van der Waals surface area contributed by atoms with Gasteiger partial charge in [-0.05, 0) is 31.4 Å². The normalized spacial score (nSPS) is 27.7. The smallest absolute Gasteiger partial charge is 0.248 e. The van der Waals surface area contributed by atoms with Gasteiger partial charge in [0.1, 0.15) is 12.4 Å². The Morgan fingerprint density at radius 2 is 2.38 bits per heavy atom. The third-order valence-corrected chi connectivity index (χ3v) is 5.14. The first-order valence-electron chi connectivity index (χ1n) is 8.73. The topological polar surface area (TPSA) is 55.2 Å². The highest BCUT2D eigenvalue weighted by atomic mass is 16.5. The van der Waals surface area contributed by atoms with Gasteiger partial charge >= 0.3 is 0 Å². The second-order valence-corrected chi connectivity index (χ2v) is 7.19. The first kappa shape index (κ1) is 17.5. The van der Waals surface area contributed by atoms with Gasteiger partial charge in [0.25, 0.3) is 0 Å². The van der Waals surface area contributed by atoms with Crippen molar-refractivity contribution in [3.63, 3.8) is 0 Å². The van der Waals surface area contributed by atoms with Crippen LogP contribution in [0.5, 0.6) is 0 Å². The molecule has 0 radical (unpaired) electrons. The van der Waals surface area contributed by atoms with Gasteiger partial charge in [-0.2, -0.15) is 0 Å². The summed E-state index contributed by atoms with van der Waals surface area (Å²) < 4.78 is 17.4. The molecule has 0 N–H and O–H groups in total. The summed E-state index contributed by atoms with van der Waals surface area (Å²) >= 11 is 0. The van der Waals surface area contributed by atoms with Crippen molar-refractivity contribution in [2.45, 2.75) is 31.9 Å². The molecular weight excluding hydrogens is 308 g/mol. The molecule has 2 aliphatic heterocycles. The first-order valence-corrected chi connectivity index (χ1v) is 8.73. The van der Waals surface area contributed by atoms with Crippen LogP contribution in [0.2, 0.25) is 0 Å². The number of fused-ring (bicyclic) bond motifs is 1. The van der Waals surface area contributed by atoms with Crippen LogP contribution in [0, 0.1) is 5.41 Å². The van der Waals surface area contributed by atoms with E-state index in [4.69, 9.17) is 13.9 Å². The fraction of sp³-hybridized carbons (Fsp3) is 0.722. The maximum absolute atomic E-state index is 11.8. The molecule has 1 amide bonds. The van der Waals surface area contributed by atoms with E-state index in [0.717, 1.165) is 51.3 Å². The molecular formula is C18H28N2O4. The SMILES string of the molecule is CN(C)C(=O)COC[C@@]12CCCO[C@H]1CCN(Cc1ccco1)C2. The number of ether oxygens (including phenoxy) is 2. The molecule has 0 spiro atoms. The molecule has 24 heavy (non-hydrogen) atoms. The van der Waals surface area contributed by atoms with E-state index in [0.29, 0.717) is 6.61 Å². The van der Waals surface area contributed by atoms with Crippen molar-refractivity contribution in [3.8, 4) is 0 Å². The van der Waals surface area contributed by atoms with E-state index in [1.165, 1.54) is 0 Å². The molecule has 0 saturated carbocycles.